The summed E-state index contributed by atoms with van der Waals surface area (Å²) >= 11 is 0. The van der Waals surface area contributed by atoms with E-state index in [1.54, 1.807) is 29.8 Å². The van der Waals surface area contributed by atoms with Crippen LogP contribution in [-0.4, -0.2) is 31.7 Å². The van der Waals surface area contributed by atoms with Crippen molar-refractivity contribution in [3.05, 3.63) is 82.8 Å². The molecule has 1 fully saturated rings. The molecule has 0 amide bonds. The van der Waals surface area contributed by atoms with E-state index in [9.17, 15) is 4.79 Å². The molecular weight excluding hydrogens is 416 g/mol. The number of nitrogens with one attached hydrogen (secondary N) is 1. The third kappa shape index (κ3) is 3.55. The van der Waals surface area contributed by atoms with Gasteiger partial charge in [-0.15, -0.1) is 5.10 Å². The lowest BCUT2D eigenvalue weighted by atomic mass is 10.1. The minimum atomic E-state index is -0.380. The van der Waals surface area contributed by atoms with Gasteiger partial charge < -0.3 is 10.1 Å². The summed E-state index contributed by atoms with van der Waals surface area (Å²) in [6, 6.07) is 19.0. The van der Waals surface area contributed by atoms with E-state index < -0.39 is 0 Å². The summed E-state index contributed by atoms with van der Waals surface area (Å²) in [6.07, 6.45) is 3.89. The molecule has 6 rings (SSSR count). The highest BCUT2D eigenvalue weighted by Crippen LogP contribution is 2.41. The van der Waals surface area contributed by atoms with E-state index in [1.165, 1.54) is 24.6 Å². The van der Waals surface area contributed by atoms with Crippen LogP contribution in [0, 0.1) is 0 Å². The molecule has 8 heteroatoms. The first-order chi connectivity index (χ1) is 16.2. The maximum atomic E-state index is 12.4. The van der Waals surface area contributed by atoms with E-state index >= 15 is 0 Å². The second kappa shape index (κ2) is 7.67. The van der Waals surface area contributed by atoms with Crippen LogP contribution in [0.15, 0.2) is 71.7 Å². The molecule has 0 spiro atoms. The number of hydrogen-bond acceptors (Lipinski definition) is 7. The van der Waals surface area contributed by atoms with E-state index in [0.29, 0.717) is 29.0 Å². The van der Waals surface area contributed by atoms with Crippen LogP contribution in [0.25, 0.3) is 27.9 Å². The number of rotatable bonds is 5. The Morgan fingerprint density at radius 3 is 2.67 bits per heavy atom. The zero-order chi connectivity index (χ0) is 22.4. The van der Waals surface area contributed by atoms with Gasteiger partial charge in [-0.05, 0) is 72.9 Å². The SMILES string of the molecule is COc1ccc(-c2nc3c4cc(C5CC5)ccc4nc(Nc4ccccnc4=O)n3n2)cc1. The molecule has 2 aromatic carbocycles. The van der Waals surface area contributed by atoms with Crippen LogP contribution >= 0.6 is 0 Å². The number of anilines is 2. The molecule has 33 heavy (non-hydrogen) atoms. The Kier molecular flexibility index (Phi) is 4.50. The van der Waals surface area contributed by atoms with Gasteiger partial charge in [-0.2, -0.15) is 4.52 Å². The highest BCUT2D eigenvalue weighted by Gasteiger charge is 2.24. The van der Waals surface area contributed by atoms with Gasteiger partial charge in [0.25, 0.3) is 5.56 Å². The summed E-state index contributed by atoms with van der Waals surface area (Å²) < 4.78 is 6.92. The first kappa shape index (κ1) is 19.4. The summed E-state index contributed by atoms with van der Waals surface area (Å²) in [4.78, 5) is 25.9. The molecule has 0 bridgehead atoms. The number of fused-ring (bicyclic) bond motifs is 3. The average molecular weight is 436 g/mol. The molecule has 0 radical (unpaired) electrons. The molecule has 8 nitrogen and oxygen atoms in total. The molecule has 1 aliphatic rings. The molecule has 1 saturated carbocycles. The van der Waals surface area contributed by atoms with Gasteiger partial charge in [-0.3, -0.25) is 4.79 Å². The number of hydrogen-bond donors (Lipinski definition) is 1. The van der Waals surface area contributed by atoms with Crippen molar-refractivity contribution in [1.82, 2.24) is 24.6 Å². The van der Waals surface area contributed by atoms with Crippen LogP contribution in [0.5, 0.6) is 5.75 Å². The first-order valence-corrected chi connectivity index (χ1v) is 10.8. The largest absolute Gasteiger partial charge is 0.497 e. The Hall–Kier alpha value is -4.33. The Morgan fingerprint density at radius 1 is 1.03 bits per heavy atom. The monoisotopic (exact) mass is 436 g/mol. The minimum absolute atomic E-state index is 0.309. The predicted octanol–water partition coefficient (Wildman–Crippen LogP) is 4.33. The number of nitrogens with zero attached hydrogens (tertiary/aromatic N) is 5. The Balaban J connectivity index is 1.56. The molecule has 0 saturated heterocycles. The highest BCUT2D eigenvalue weighted by atomic mass is 16.5. The van der Waals surface area contributed by atoms with Gasteiger partial charge in [-0.1, -0.05) is 12.1 Å². The van der Waals surface area contributed by atoms with Crippen molar-refractivity contribution >= 4 is 28.2 Å². The van der Waals surface area contributed by atoms with E-state index in [1.807, 2.05) is 30.3 Å². The lowest BCUT2D eigenvalue weighted by Gasteiger charge is -2.08. The van der Waals surface area contributed by atoms with Gasteiger partial charge in [0.05, 0.1) is 12.6 Å². The lowest BCUT2D eigenvalue weighted by Crippen LogP contribution is -2.11. The van der Waals surface area contributed by atoms with Crippen molar-refractivity contribution in [2.45, 2.75) is 18.8 Å². The number of methoxy groups -OCH3 is 1. The predicted molar refractivity (Wildman–Crippen MR) is 126 cm³/mol. The van der Waals surface area contributed by atoms with Crippen LogP contribution in [0.2, 0.25) is 0 Å². The minimum Gasteiger partial charge on any atom is -0.497 e. The maximum absolute atomic E-state index is 12.4. The van der Waals surface area contributed by atoms with Crippen molar-refractivity contribution in [1.29, 1.82) is 0 Å². The summed E-state index contributed by atoms with van der Waals surface area (Å²) in [5, 5.41) is 8.78. The smallest absolute Gasteiger partial charge is 0.293 e. The van der Waals surface area contributed by atoms with Gasteiger partial charge in [-0.25, -0.2) is 15.0 Å². The van der Waals surface area contributed by atoms with Gasteiger partial charge in [0.2, 0.25) is 5.95 Å². The zero-order valence-corrected chi connectivity index (χ0v) is 17.9. The van der Waals surface area contributed by atoms with Crippen molar-refractivity contribution < 1.29 is 4.74 Å². The molecule has 1 N–H and O–H groups in total. The van der Waals surface area contributed by atoms with E-state index in [4.69, 9.17) is 19.8 Å². The Bertz CT molecular complexity index is 1560. The molecule has 0 unspecified atom stereocenters. The van der Waals surface area contributed by atoms with Gasteiger partial charge >= 0.3 is 0 Å². The fraction of sp³-hybridized carbons (Fsp3) is 0.160. The third-order valence-electron chi connectivity index (χ3n) is 5.82. The van der Waals surface area contributed by atoms with Crippen molar-refractivity contribution in [2.75, 3.05) is 12.4 Å². The fourth-order valence-corrected chi connectivity index (χ4v) is 3.91. The molecule has 0 aliphatic heterocycles. The van der Waals surface area contributed by atoms with Gasteiger partial charge in [0.1, 0.15) is 11.4 Å². The first-order valence-electron chi connectivity index (χ1n) is 10.8. The topological polar surface area (TPSA) is 94.3 Å². The van der Waals surface area contributed by atoms with Crippen LogP contribution in [-0.2, 0) is 0 Å². The van der Waals surface area contributed by atoms with Crippen LogP contribution < -0.4 is 15.6 Å². The normalized spacial score (nSPS) is 13.4. The molecule has 1 aliphatic carbocycles. The van der Waals surface area contributed by atoms with E-state index in [0.717, 1.165) is 22.2 Å². The molecule has 5 aromatic rings. The Labute approximate surface area is 188 Å². The standard InChI is InChI=1S/C25H20N6O2/c1-33-18-10-7-16(8-11-18)22-29-23-19-14-17(15-5-6-15)9-12-20(19)27-25(31(23)30-22)28-21-4-2-3-13-26-24(21)32/h2-4,7-15H,5-6H2,1H3,(H,26,27,28,32). The average Bonchev–Trinajstić information content (AvgIpc) is 3.63. The summed E-state index contributed by atoms with van der Waals surface area (Å²) in [7, 11) is 1.63. The maximum Gasteiger partial charge on any atom is 0.293 e. The molecular formula is C25H20N6O2. The zero-order valence-electron chi connectivity index (χ0n) is 17.9. The summed E-state index contributed by atoms with van der Waals surface area (Å²) in [6.45, 7) is 0. The van der Waals surface area contributed by atoms with Gasteiger partial charge in [0.15, 0.2) is 11.5 Å². The number of benzene rings is 2. The summed E-state index contributed by atoms with van der Waals surface area (Å²) in [5.74, 6) is 2.33. The second-order valence-corrected chi connectivity index (χ2v) is 8.06. The van der Waals surface area contributed by atoms with Crippen molar-refractivity contribution in [3.63, 3.8) is 0 Å². The van der Waals surface area contributed by atoms with Crippen LogP contribution in [0.1, 0.15) is 24.3 Å². The second-order valence-electron chi connectivity index (χ2n) is 8.06. The van der Waals surface area contributed by atoms with Crippen molar-refractivity contribution in [3.8, 4) is 17.1 Å². The van der Waals surface area contributed by atoms with Crippen LogP contribution in [0.4, 0.5) is 11.6 Å². The van der Waals surface area contributed by atoms with E-state index in [2.05, 4.69) is 22.4 Å². The quantitative estimate of drug-likeness (QED) is 0.438. The fourth-order valence-electron chi connectivity index (χ4n) is 3.91. The van der Waals surface area contributed by atoms with Crippen molar-refractivity contribution in [2.24, 2.45) is 0 Å². The summed E-state index contributed by atoms with van der Waals surface area (Å²) in [5.41, 5.74) is 3.54. The van der Waals surface area contributed by atoms with Crippen LogP contribution in [0.3, 0.4) is 0 Å². The molecule has 3 aromatic heterocycles. The number of aromatic nitrogens is 5. The molecule has 162 valence electrons. The lowest BCUT2D eigenvalue weighted by molar-refractivity contribution is 0.415. The van der Waals surface area contributed by atoms with Gasteiger partial charge in [0, 0.05) is 17.1 Å². The number of ether oxygens (including phenoxy) is 1. The Morgan fingerprint density at radius 2 is 1.88 bits per heavy atom. The van der Waals surface area contributed by atoms with E-state index in [-0.39, 0.29) is 5.56 Å². The third-order valence-corrected chi connectivity index (χ3v) is 5.82. The highest BCUT2D eigenvalue weighted by molar-refractivity contribution is 5.93. The molecule has 3 heterocycles. The molecule has 0 atom stereocenters.